The lowest BCUT2D eigenvalue weighted by atomic mass is 9.95. The van der Waals surface area contributed by atoms with Crippen LogP contribution in [0, 0.1) is 0 Å². The first-order chi connectivity index (χ1) is 9.07. The molecule has 1 fully saturated rings. The van der Waals surface area contributed by atoms with Crippen molar-refractivity contribution in [1.82, 2.24) is 5.01 Å². The third-order valence-corrected chi connectivity index (χ3v) is 3.23. The summed E-state index contributed by atoms with van der Waals surface area (Å²) in [6, 6.07) is -0.989. The van der Waals surface area contributed by atoms with Crippen LogP contribution in [0.5, 0.6) is 0 Å². The Bertz CT molecular complexity index is 430. The predicted octanol–water partition coefficient (Wildman–Crippen LogP) is 4.12. The second-order valence-corrected chi connectivity index (χ2v) is 4.98. The smallest absolute Gasteiger partial charge is 0.416 e. The fourth-order valence-electron chi connectivity index (χ4n) is 2.01. The van der Waals surface area contributed by atoms with Gasteiger partial charge >= 0.3 is 12.4 Å². The maximum Gasteiger partial charge on any atom is 0.416 e. The van der Waals surface area contributed by atoms with E-state index in [2.05, 4.69) is 5.43 Å². The van der Waals surface area contributed by atoms with Gasteiger partial charge in [-0.25, -0.2) is 0 Å². The number of rotatable bonds is 3. The van der Waals surface area contributed by atoms with Crippen molar-refractivity contribution < 1.29 is 26.3 Å². The van der Waals surface area contributed by atoms with Crippen LogP contribution in [0.1, 0.15) is 19.3 Å². The third-order valence-electron chi connectivity index (χ3n) is 3.23. The van der Waals surface area contributed by atoms with E-state index >= 15 is 0 Å². The molecule has 0 heterocycles. The number of allylic oxidation sites excluding steroid dienone is 2. The topological polar surface area (TPSA) is 17.3 Å². The van der Waals surface area contributed by atoms with E-state index in [1.807, 2.05) is 0 Å². The average Bonchev–Trinajstić information content (AvgIpc) is 3.09. The summed E-state index contributed by atoms with van der Waals surface area (Å²) >= 11 is 0. The van der Waals surface area contributed by atoms with Gasteiger partial charge in [-0.1, -0.05) is 6.08 Å². The van der Waals surface area contributed by atoms with E-state index in [4.69, 9.17) is 0 Å². The van der Waals surface area contributed by atoms with E-state index in [1.165, 1.54) is 5.01 Å². The second-order valence-electron chi connectivity index (χ2n) is 4.98. The number of alkyl halides is 6. The molecule has 2 aliphatic carbocycles. The van der Waals surface area contributed by atoms with Gasteiger partial charge < -0.3 is 10.4 Å². The normalized spacial score (nSPS) is 24.7. The molecule has 2 rings (SSSR count). The summed E-state index contributed by atoms with van der Waals surface area (Å²) in [5, 5.41) is 1.47. The van der Waals surface area contributed by atoms with Crippen LogP contribution in [0.3, 0.4) is 0 Å². The molecule has 0 aliphatic heterocycles. The van der Waals surface area contributed by atoms with E-state index in [0.717, 1.165) is 18.9 Å². The van der Waals surface area contributed by atoms with Crippen molar-refractivity contribution in [1.29, 1.82) is 0 Å². The molecule has 0 N–H and O–H groups in total. The van der Waals surface area contributed by atoms with E-state index in [-0.39, 0.29) is 12.1 Å². The molecule has 0 amide bonds. The molecule has 8 heteroatoms. The van der Waals surface area contributed by atoms with Crippen LogP contribution in [-0.4, -0.2) is 36.5 Å². The lowest BCUT2D eigenvalue weighted by molar-refractivity contribution is -0.0990. The molecule has 0 radical (unpaired) electrons. The van der Waals surface area contributed by atoms with Crippen LogP contribution in [-0.2, 0) is 0 Å². The number of halogens is 6. The van der Waals surface area contributed by atoms with Crippen LogP contribution >= 0.6 is 0 Å². The number of hydrogen-bond acceptors (Lipinski definition) is 1. The summed E-state index contributed by atoms with van der Waals surface area (Å²) in [6.07, 6.45) is -7.47. The highest BCUT2D eigenvalue weighted by Crippen LogP contribution is 2.40. The number of hydrogen-bond donors (Lipinski definition) is 0. The maximum absolute atomic E-state index is 12.7. The van der Waals surface area contributed by atoms with Crippen LogP contribution in [0.4, 0.5) is 26.3 Å². The average molecular weight is 299 g/mol. The lowest BCUT2D eigenvalue weighted by Crippen LogP contribution is -2.28. The lowest BCUT2D eigenvalue weighted by Gasteiger charge is -2.41. The molecular weight excluding hydrogens is 286 g/mol. The van der Waals surface area contributed by atoms with Gasteiger partial charge in [0.05, 0.1) is 5.57 Å². The first-order valence-corrected chi connectivity index (χ1v) is 6.08. The minimum absolute atomic E-state index is 0.137. The highest BCUT2D eigenvalue weighted by Gasteiger charge is 2.40. The second kappa shape index (κ2) is 5.07. The summed E-state index contributed by atoms with van der Waals surface area (Å²) < 4.78 is 75.9. The SMILES string of the molecule is CN([N-]C1C=C(C(F)(F)F)C=C(C(F)(F)F)C1)C1CC1. The highest BCUT2D eigenvalue weighted by molar-refractivity contribution is 5.38. The fraction of sp³-hybridized carbons (Fsp3) is 0.667. The molecule has 1 atom stereocenters. The van der Waals surface area contributed by atoms with Crippen LogP contribution < -0.4 is 0 Å². The van der Waals surface area contributed by atoms with Crippen LogP contribution in [0.2, 0.25) is 0 Å². The Morgan fingerprint density at radius 2 is 1.70 bits per heavy atom. The zero-order chi connectivity index (χ0) is 15.1. The van der Waals surface area contributed by atoms with Gasteiger partial charge in [0, 0.05) is 5.57 Å². The van der Waals surface area contributed by atoms with Crippen LogP contribution in [0.25, 0.3) is 5.43 Å². The minimum Gasteiger partial charge on any atom is -0.588 e. The quantitative estimate of drug-likeness (QED) is 0.566. The summed E-state index contributed by atoms with van der Waals surface area (Å²) in [7, 11) is 1.57. The largest absolute Gasteiger partial charge is 0.588 e. The zero-order valence-corrected chi connectivity index (χ0v) is 10.6. The van der Waals surface area contributed by atoms with Crippen molar-refractivity contribution in [3.05, 3.63) is 28.7 Å². The molecule has 114 valence electrons. The van der Waals surface area contributed by atoms with Gasteiger partial charge in [-0.2, -0.15) is 26.3 Å². The van der Waals surface area contributed by atoms with Gasteiger partial charge in [-0.15, -0.1) is 6.04 Å². The molecule has 0 aromatic rings. The standard InChI is InChI=1S/C12H13F6N2/c1-20(10-2-3-10)19-9-5-7(11(13,14)15)4-8(6-9)12(16,17)18/h4-5,9-10H,2-3,6H2,1H3/q-1. The molecule has 0 aromatic carbocycles. The Balaban J connectivity index is 2.18. The zero-order valence-electron chi connectivity index (χ0n) is 10.6. The molecule has 0 aromatic heterocycles. The van der Waals surface area contributed by atoms with Crippen molar-refractivity contribution in [3.63, 3.8) is 0 Å². The van der Waals surface area contributed by atoms with Crippen molar-refractivity contribution in [3.8, 4) is 0 Å². The summed E-state index contributed by atoms with van der Waals surface area (Å²) in [5.41, 5.74) is 1.47. The van der Waals surface area contributed by atoms with Crippen molar-refractivity contribution >= 4 is 0 Å². The van der Waals surface area contributed by atoms with E-state index < -0.39 is 36.0 Å². The molecule has 1 unspecified atom stereocenters. The minimum atomic E-state index is -4.80. The molecule has 2 nitrogen and oxygen atoms in total. The van der Waals surface area contributed by atoms with Crippen molar-refractivity contribution in [2.24, 2.45) is 0 Å². The van der Waals surface area contributed by atoms with E-state index in [0.29, 0.717) is 0 Å². The van der Waals surface area contributed by atoms with Gasteiger partial charge in [-0.05, 0) is 38.4 Å². The Labute approximate surface area is 112 Å². The first-order valence-electron chi connectivity index (χ1n) is 6.08. The predicted molar refractivity (Wildman–Crippen MR) is 60.8 cm³/mol. The molecule has 1 saturated carbocycles. The van der Waals surface area contributed by atoms with Crippen LogP contribution in [0.15, 0.2) is 23.3 Å². The van der Waals surface area contributed by atoms with Gasteiger partial charge in [0.15, 0.2) is 0 Å². The molecule has 0 spiro atoms. The van der Waals surface area contributed by atoms with E-state index in [9.17, 15) is 26.3 Å². The van der Waals surface area contributed by atoms with Crippen molar-refractivity contribution in [2.75, 3.05) is 7.05 Å². The fourth-order valence-corrected chi connectivity index (χ4v) is 2.01. The Morgan fingerprint density at radius 3 is 2.15 bits per heavy atom. The summed E-state index contributed by atoms with van der Waals surface area (Å²) in [4.78, 5) is 0. The first kappa shape index (κ1) is 15.4. The van der Waals surface area contributed by atoms with Gasteiger partial charge in [0.2, 0.25) is 0 Å². The van der Waals surface area contributed by atoms with Gasteiger partial charge in [-0.3, -0.25) is 0 Å². The van der Waals surface area contributed by atoms with E-state index in [1.54, 1.807) is 7.05 Å². The highest BCUT2D eigenvalue weighted by atomic mass is 19.4. The number of nitrogens with zero attached hydrogens (tertiary/aromatic N) is 2. The summed E-state index contributed by atoms with van der Waals surface area (Å²) in [5.74, 6) is 0. The summed E-state index contributed by atoms with van der Waals surface area (Å²) in [6.45, 7) is 0. The van der Waals surface area contributed by atoms with Gasteiger partial charge in [0.1, 0.15) is 0 Å². The molecule has 0 saturated heterocycles. The Hall–Kier alpha value is -1.02. The maximum atomic E-state index is 12.7. The molecule has 2 aliphatic rings. The third kappa shape index (κ3) is 3.76. The Kier molecular flexibility index (Phi) is 3.90. The Morgan fingerprint density at radius 1 is 1.10 bits per heavy atom. The molecule has 0 bridgehead atoms. The molecule has 20 heavy (non-hydrogen) atoms. The molecular formula is C12H13F6N2-. The monoisotopic (exact) mass is 299 g/mol. The van der Waals surface area contributed by atoms with Gasteiger partial charge in [0.25, 0.3) is 0 Å². The van der Waals surface area contributed by atoms with Crippen molar-refractivity contribution in [2.45, 2.75) is 43.7 Å².